The minimum atomic E-state index is -0.140. The van der Waals surface area contributed by atoms with Crippen molar-refractivity contribution in [2.45, 2.75) is 44.0 Å². The first-order chi connectivity index (χ1) is 12.0. The number of thioether (sulfide) groups is 1. The van der Waals surface area contributed by atoms with Gasteiger partial charge in [-0.3, -0.25) is 4.79 Å². The van der Waals surface area contributed by atoms with Gasteiger partial charge in [-0.2, -0.15) is 0 Å². The minimum absolute atomic E-state index is 0.119. The number of hydrogen-bond acceptors (Lipinski definition) is 6. The maximum atomic E-state index is 11.8. The molecular formula is C18H20N4O2S. The van der Waals surface area contributed by atoms with Crippen LogP contribution in [0.25, 0.3) is 11.5 Å². The molecule has 6 nitrogen and oxygen atoms in total. The zero-order valence-electron chi connectivity index (χ0n) is 14.4. The molecule has 1 N–H and O–H groups in total. The van der Waals surface area contributed by atoms with Crippen molar-refractivity contribution in [2.24, 2.45) is 0 Å². The highest BCUT2D eigenvalue weighted by Gasteiger charge is 2.17. The quantitative estimate of drug-likeness (QED) is 0.532. The highest BCUT2D eigenvalue weighted by Crippen LogP contribution is 2.33. The molecule has 2 aromatic heterocycles. The summed E-state index contributed by atoms with van der Waals surface area (Å²) in [5.74, 6) is 0.993. The Morgan fingerprint density at radius 1 is 1.24 bits per heavy atom. The van der Waals surface area contributed by atoms with Crippen LogP contribution in [0.5, 0.6) is 0 Å². The summed E-state index contributed by atoms with van der Waals surface area (Å²) in [4.78, 5) is 19.0. The van der Waals surface area contributed by atoms with Gasteiger partial charge in [-0.05, 0) is 32.4 Å². The van der Waals surface area contributed by atoms with Crippen LogP contribution in [0, 0.1) is 6.92 Å². The highest BCUT2D eigenvalue weighted by atomic mass is 32.2. The van der Waals surface area contributed by atoms with Crippen molar-refractivity contribution in [1.29, 1.82) is 0 Å². The highest BCUT2D eigenvalue weighted by molar-refractivity contribution is 7.99. The Labute approximate surface area is 150 Å². The molecule has 0 amide bonds. The summed E-state index contributed by atoms with van der Waals surface area (Å²) < 4.78 is 5.79. The van der Waals surface area contributed by atoms with Crippen molar-refractivity contribution in [2.75, 3.05) is 0 Å². The van der Waals surface area contributed by atoms with E-state index in [1.54, 1.807) is 6.07 Å². The lowest BCUT2D eigenvalue weighted by atomic mass is 10.1. The minimum Gasteiger partial charge on any atom is -0.419 e. The van der Waals surface area contributed by atoms with Crippen LogP contribution >= 0.6 is 11.8 Å². The zero-order chi connectivity index (χ0) is 17.8. The monoisotopic (exact) mass is 356 g/mol. The lowest BCUT2D eigenvalue weighted by Crippen LogP contribution is -2.10. The number of rotatable bonds is 6. The third-order valence-electron chi connectivity index (χ3n) is 3.65. The predicted octanol–water partition coefficient (Wildman–Crippen LogP) is 3.93. The SMILES string of the molecule is CCCc1cc(=O)[nH]c(S[C@H](C)c2nnc(-c3ccc(C)cc3)o2)n1. The summed E-state index contributed by atoms with van der Waals surface area (Å²) in [6.07, 6.45) is 1.73. The number of H-pyrrole nitrogens is 1. The first-order valence-electron chi connectivity index (χ1n) is 8.22. The van der Waals surface area contributed by atoms with Crippen LogP contribution in [0.15, 0.2) is 44.7 Å². The number of benzene rings is 1. The second-order valence-corrected chi connectivity index (χ2v) is 7.19. The molecule has 1 atom stereocenters. The Hall–Kier alpha value is -2.41. The molecule has 7 heteroatoms. The molecule has 2 heterocycles. The van der Waals surface area contributed by atoms with Crippen LogP contribution in [0.2, 0.25) is 0 Å². The molecule has 0 radical (unpaired) electrons. The van der Waals surface area contributed by atoms with Crippen molar-refractivity contribution >= 4 is 11.8 Å². The fraction of sp³-hybridized carbons (Fsp3) is 0.333. The van der Waals surface area contributed by atoms with E-state index in [1.165, 1.54) is 17.3 Å². The Morgan fingerprint density at radius 3 is 2.72 bits per heavy atom. The fourth-order valence-corrected chi connectivity index (χ4v) is 3.21. The third kappa shape index (κ3) is 4.36. The number of nitrogens with zero attached hydrogens (tertiary/aromatic N) is 3. The molecule has 25 heavy (non-hydrogen) atoms. The summed E-state index contributed by atoms with van der Waals surface area (Å²) in [5.41, 5.74) is 2.72. The maximum absolute atomic E-state index is 11.8. The van der Waals surface area contributed by atoms with E-state index < -0.39 is 0 Å². The molecule has 1 aromatic carbocycles. The van der Waals surface area contributed by atoms with Crippen molar-refractivity contribution in [1.82, 2.24) is 20.2 Å². The Morgan fingerprint density at radius 2 is 2.00 bits per heavy atom. The largest absolute Gasteiger partial charge is 0.419 e. The molecule has 130 valence electrons. The molecule has 0 unspecified atom stereocenters. The number of aromatic nitrogens is 4. The van der Waals surface area contributed by atoms with Gasteiger partial charge in [0, 0.05) is 17.3 Å². The Bertz CT molecular complexity index is 902. The van der Waals surface area contributed by atoms with Crippen molar-refractivity contribution < 1.29 is 4.42 Å². The van der Waals surface area contributed by atoms with Crippen LogP contribution in [-0.4, -0.2) is 20.2 Å². The first-order valence-corrected chi connectivity index (χ1v) is 9.10. The molecule has 3 aromatic rings. The summed E-state index contributed by atoms with van der Waals surface area (Å²) in [6, 6.07) is 9.46. The Kier molecular flexibility index (Phi) is 5.33. The van der Waals surface area contributed by atoms with Gasteiger partial charge < -0.3 is 9.40 Å². The van der Waals surface area contributed by atoms with Gasteiger partial charge in [0.1, 0.15) is 0 Å². The molecule has 0 saturated heterocycles. The molecule has 0 spiro atoms. The van der Waals surface area contributed by atoms with E-state index in [0.29, 0.717) is 16.9 Å². The van der Waals surface area contributed by atoms with Gasteiger partial charge in [-0.25, -0.2) is 4.98 Å². The van der Waals surface area contributed by atoms with E-state index in [-0.39, 0.29) is 10.8 Å². The Balaban J connectivity index is 1.77. The van der Waals surface area contributed by atoms with E-state index in [0.717, 1.165) is 24.1 Å². The van der Waals surface area contributed by atoms with E-state index in [2.05, 4.69) is 27.1 Å². The topological polar surface area (TPSA) is 84.7 Å². The summed E-state index contributed by atoms with van der Waals surface area (Å²) >= 11 is 1.40. The molecular weight excluding hydrogens is 336 g/mol. The lowest BCUT2D eigenvalue weighted by molar-refractivity contribution is 0.509. The molecule has 3 rings (SSSR count). The molecule has 0 fully saturated rings. The van der Waals surface area contributed by atoms with Crippen LogP contribution < -0.4 is 5.56 Å². The van der Waals surface area contributed by atoms with E-state index in [9.17, 15) is 4.79 Å². The number of hydrogen-bond donors (Lipinski definition) is 1. The van der Waals surface area contributed by atoms with Gasteiger partial charge >= 0.3 is 0 Å². The van der Waals surface area contributed by atoms with Gasteiger partial charge in [0.15, 0.2) is 5.16 Å². The predicted molar refractivity (Wildman–Crippen MR) is 97.6 cm³/mol. The van der Waals surface area contributed by atoms with Crippen molar-refractivity contribution in [3.05, 3.63) is 57.8 Å². The fourth-order valence-electron chi connectivity index (χ4n) is 2.35. The second kappa shape index (κ2) is 7.65. The standard InChI is InChI=1S/C18H20N4O2S/c1-4-5-14-10-15(23)20-18(19-14)25-12(3)16-21-22-17(24-16)13-8-6-11(2)7-9-13/h6-10,12H,4-5H2,1-3H3,(H,19,20,23)/t12-/m1/s1. The summed E-state index contributed by atoms with van der Waals surface area (Å²) in [5, 5.41) is 8.71. The van der Waals surface area contributed by atoms with Gasteiger partial charge in [0.25, 0.3) is 5.56 Å². The number of aryl methyl sites for hydroxylation is 2. The third-order valence-corrected chi connectivity index (χ3v) is 4.63. The van der Waals surface area contributed by atoms with E-state index in [1.807, 2.05) is 38.1 Å². The zero-order valence-corrected chi connectivity index (χ0v) is 15.3. The van der Waals surface area contributed by atoms with E-state index >= 15 is 0 Å². The van der Waals surface area contributed by atoms with Gasteiger partial charge in [0.05, 0.1) is 5.25 Å². The molecule has 0 bridgehead atoms. The van der Waals surface area contributed by atoms with Crippen LogP contribution in [0.1, 0.15) is 42.7 Å². The van der Waals surface area contributed by atoms with Gasteiger partial charge in [0.2, 0.25) is 11.8 Å². The van der Waals surface area contributed by atoms with Gasteiger partial charge in [-0.15, -0.1) is 10.2 Å². The second-order valence-electron chi connectivity index (χ2n) is 5.86. The van der Waals surface area contributed by atoms with Crippen molar-refractivity contribution in [3.63, 3.8) is 0 Å². The molecule has 0 aliphatic carbocycles. The van der Waals surface area contributed by atoms with Gasteiger partial charge in [-0.1, -0.05) is 42.8 Å². The smallest absolute Gasteiger partial charge is 0.251 e. The van der Waals surface area contributed by atoms with Crippen LogP contribution in [0.4, 0.5) is 0 Å². The number of aromatic amines is 1. The van der Waals surface area contributed by atoms with Crippen molar-refractivity contribution in [3.8, 4) is 11.5 Å². The summed E-state index contributed by atoms with van der Waals surface area (Å²) in [7, 11) is 0. The number of nitrogens with one attached hydrogen (secondary N) is 1. The molecule has 0 aliphatic heterocycles. The normalized spacial score (nSPS) is 12.3. The summed E-state index contributed by atoms with van der Waals surface area (Å²) in [6.45, 7) is 6.04. The maximum Gasteiger partial charge on any atom is 0.251 e. The molecule has 0 aliphatic rings. The first kappa shape index (κ1) is 17.4. The molecule has 0 saturated carbocycles. The van der Waals surface area contributed by atoms with Crippen LogP contribution in [-0.2, 0) is 6.42 Å². The van der Waals surface area contributed by atoms with Crippen LogP contribution in [0.3, 0.4) is 0 Å². The average molecular weight is 356 g/mol. The lowest BCUT2D eigenvalue weighted by Gasteiger charge is -2.07. The van der Waals surface area contributed by atoms with E-state index in [4.69, 9.17) is 4.42 Å². The average Bonchev–Trinajstić information content (AvgIpc) is 3.05.